The first kappa shape index (κ1) is 14.0. The number of thiazole rings is 1. The molecule has 0 saturated carbocycles. The van der Waals surface area contributed by atoms with Gasteiger partial charge in [-0.25, -0.2) is 0 Å². The van der Waals surface area contributed by atoms with Gasteiger partial charge in [-0.3, -0.25) is 4.79 Å². The van der Waals surface area contributed by atoms with E-state index in [9.17, 15) is 4.79 Å². The van der Waals surface area contributed by atoms with Crippen molar-refractivity contribution in [3.63, 3.8) is 0 Å². The molecule has 3 aromatic rings. The summed E-state index contributed by atoms with van der Waals surface area (Å²) >= 11 is 1.40. The van der Waals surface area contributed by atoms with Crippen LogP contribution in [0, 0.1) is 6.92 Å². The molecule has 0 fully saturated rings. The molecule has 1 aliphatic heterocycles. The van der Waals surface area contributed by atoms with Crippen LogP contribution < -0.4 is 14.3 Å². The second-order valence-corrected chi connectivity index (χ2v) is 6.17. The first-order valence-corrected chi connectivity index (χ1v) is 7.85. The van der Waals surface area contributed by atoms with Gasteiger partial charge in [-0.1, -0.05) is 16.5 Å². The predicted molar refractivity (Wildman–Crippen MR) is 82.9 cm³/mol. The summed E-state index contributed by atoms with van der Waals surface area (Å²) in [4.78, 5) is 16.9. The fraction of sp³-hybridized carbons (Fsp3) is 0.267. The molecule has 8 heteroatoms. The number of carbonyl (C=O) groups excluding carboxylic acids is 1. The maximum absolute atomic E-state index is 12.2. The van der Waals surface area contributed by atoms with Crippen LogP contribution in [-0.4, -0.2) is 28.8 Å². The van der Waals surface area contributed by atoms with Gasteiger partial charge in [0.15, 0.2) is 16.3 Å². The molecule has 118 valence electrons. The van der Waals surface area contributed by atoms with Crippen LogP contribution in [0.2, 0.25) is 0 Å². The van der Waals surface area contributed by atoms with E-state index in [0.717, 1.165) is 10.2 Å². The van der Waals surface area contributed by atoms with E-state index in [0.29, 0.717) is 35.2 Å². The van der Waals surface area contributed by atoms with Crippen LogP contribution in [0.25, 0.3) is 10.2 Å². The van der Waals surface area contributed by atoms with Crippen molar-refractivity contribution in [1.82, 2.24) is 9.72 Å². The number of rotatable bonds is 1. The summed E-state index contributed by atoms with van der Waals surface area (Å²) < 4.78 is 19.0. The molecule has 0 N–H and O–H groups in total. The molecule has 23 heavy (non-hydrogen) atoms. The van der Waals surface area contributed by atoms with E-state index >= 15 is 0 Å². The Labute approximate surface area is 134 Å². The van der Waals surface area contributed by atoms with Gasteiger partial charge in [0.25, 0.3) is 0 Å². The number of fused-ring (bicyclic) bond motifs is 2. The van der Waals surface area contributed by atoms with Crippen molar-refractivity contribution in [2.24, 2.45) is 12.0 Å². The van der Waals surface area contributed by atoms with Gasteiger partial charge >= 0.3 is 5.91 Å². The van der Waals surface area contributed by atoms with Gasteiger partial charge < -0.3 is 18.6 Å². The van der Waals surface area contributed by atoms with Gasteiger partial charge in [0.1, 0.15) is 13.2 Å². The highest BCUT2D eigenvalue weighted by Crippen LogP contribution is 2.35. The monoisotopic (exact) mass is 331 g/mol. The maximum Gasteiger partial charge on any atom is 0.318 e. The quantitative estimate of drug-likeness (QED) is 0.682. The number of amides is 1. The molecular weight excluding hydrogens is 318 g/mol. The molecule has 0 spiro atoms. The number of carbonyl (C=O) groups is 1. The molecule has 2 aromatic heterocycles. The molecule has 0 bridgehead atoms. The zero-order valence-electron chi connectivity index (χ0n) is 12.5. The summed E-state index contributed by atoms with van der Waals surface area (Å²) in [5.41, 5.74) is 1.57. The number of hydrogen-bond donors (Lipinski definition) is 0. The Morgan fingerprint density at radius 3 is 2.70 bits per heavy atom. The standard InChI is InChI=1S/C15H13N3O4S/c1-8-5-12(22-17-8)14(19)16-15-18(2)9-6-10-11(7-13(9)23-15)21-4-3-20-10/h5-7H,3-4H2,1-2H3. The minimum Gasteiger partial charge on any atom is -0.486 e. The zero-order valence-corrected chi connectivity index (χ0v) is 13.3. The SMILES string of the molecule is Cc1cc(C(=O)N=c2sc3cc4c(cc3n2C)OCCO4)on1. The second-order valence-electron chi connectivity index (χ2n) is 5.16. The second kappa shape index (κ2) is 5.24. The van der Waals surface area contributed by atoms with E-state index in [1.807, 2.05) is 23.7 Å². The molecule has 0 saturated heterocycles. The Kier molecular flexibility index (Phi) is 3.19. The Morgan fingerprint density at radius 1 is 1.26 bits per heavy atom. The van der Waals surface area contributed by atoms with Crippen molar-refractivity contribution in [2.45, 2.75) is 6.92 Å². The van der Waals surface area contributed by atoms with E-state index < -0.39 is 5.91 Å². The van der Waals surface area contributed by atoms with Crippen LogP contribution in [0.15, 0.2) is 27.7 Å². The fourth-order valence-corrected chi connectivity index (χ4v) is 3.40. The van der Waals surface area contributed by atoms with Crippen LogP contribution in [-0.2, 0) is 7.05 Å². The Morgan fingerprint density at radius 2 is 2.00 bits per heavy atom. The van der Waals surface area contributed by atoms with E-state index in [1.54, 1.807) is 13.0 Å². The van der Waals surface area contributed by atoms with Crippen LogP contribution in [0.3, 0.4) is 0 Å². The third-order valence-electron chi connectivity index (χ3n) is 3.51. The molecule has 0 aliphatic carbocycles. The van der Waals surface area contributed by atoms with Crippen molar-refractivity contribution in [3.8, 4) is 11.5 Å². The number of ether oxygens (including phenoxy) is 2. The minimum atomic E-state index is -0.454. The average molecular weight is 331 g/mol. The molecule has 0 atom stereocenters. The van der Waals surface area contributed by atoms with Crippen LogP contribution in [0.4, 0.5) is 0 Å². The lowest BCUT2D eigenvalue weighted by Crippen LogP contribution is -2.15. The van der Waals surface area contributed by atoms with Gasteiger partial charge in [-0.15, -0.1) is 0 Å². The van der Waals surface area contributed by atoms with Gasteiger partial charge in [-0.2, -0.15) is 4.99 Å². The average Bonchev–Trinajstić information content (AvgIpc) is 3.10. The highest BCUT2D eigenvalue weighted by atomic mass is 32.1. The largest absolute Gasteiger partial charge is 0.486 e. The van der Waals surface area contributed by atoms with Crippen molar-refractivity contribution in [1.29, 1.82) is 0 Å². The fourth-order valence-electron chi connectivity index (χ4n) is 2.38. The summed E-state index contributed by atoms with van der Waals surface area (Å²) in [7, 11) is 1.85. The molecule has 3 heterocycles. The van der Waals surface area contributed by atoms with Crippen molar-refractivity contribution < 1.29 is 18.8 Å². The predicted octanol–water partition coefficient (Wildman–Crippen LogP) is 2.05. The number of aryl methyl sites for hydroxylation is 2. The highest BCUT2D eigenvalue weighted by molar-refractivity contribution is 7.16. The number of nitrogens with zero attached hydrogens (tertiary/aromatic N) is 3. The molecule has 7 nitrogen and oxygen atoms in total. The smallest absolute Gasteiger partial charge is 0.318 e. The van der Waals surface area contributed by atoms with E-state index in [-0.39, 0.29) is 5.76 Å². The highest BCUT2D eigenvalue weighted by Gasteiger charge is 2.16. The van der Waals surface area contributed by atoms with Gasteiger partial charge in [0, 0.05) is 25.2 Å². The van der Waals surface area contributed by atoms with Crippen molar-refractivity contribution >= 4 is 27.5 Å². The maximum atomic E-state index is 12.2. The first-order chi connectivity index (χ1) is 11.1. The molecule has 0 unspecified atom stereocenters. The molecular formula is C15H13N3O4S. The van der Waals surface area contributed by atoms with Gasteiger partial charge in [0.2, 0.25) is 5.76 Å². The number of hydrogen-bond acceptors (Lipinski definition) is 6. The van der Waals surface area contributed by atoms with E-state index in [2.05, 4.69) is 10.1 Å². The van der Waals surface area contributed by atoms with Gasteiger partial charge in [0.05, 0.1) is 15.9 Å². The third kappa shape index (κ3) is 2.40. The lowest BCUT2D eigenvalue weighted by atomic mass is 10.3. The third-order valence-corrected chi connectivity index (χ3v) is 4.60. The van der Waals surface area contributed by atoms with Crippen LogP contribution in [0.1, 0.15) is 16.2 Å². The lowest BCUT2D eigenvalue weighted by Gasteiger charge is -2.18. The summed E-state index contributed by atoms with van der Waals surface area (Å²) in [6, 6.07) is 5.39. The summed E-state index contributed by atoms with van der Waals surface area (Å²) in [5.74, 6) is 1.10. The number of aromatic nitrogens is 2. The Bertz CT molecular complexity index is 982. The first-order valence-electron chi connectivity index (χ1n) is 7.03. The lowest BCUT2D eigenvalue weighted by molar-refractivity contribution is 0.0962. The Balaban J connectivity index is 1.82. The number of benzene rings is 1. The van der Waals surface area contributed by atoms with Crippen LogP contribution in [0.5, 0.6) is 11.5 Å². The summed E-state index contributed by atoms with van der Waals surface area (Å²) in [6.07, 6.45) is 0. The van der Waals surface area contributed by atoms with E-state index in [4.69, 9.17) is 14.0 Å². The normalized spacial score (nSPS) is 14.4. The van der Waals surface area contributed by atoms with Crippen molar-refractivity contribution in [3.05, 3.63) is 34.5 Å². The zero-order chi connectivity index (χ0) is 16.0. The summed E-state index contributed by atoms with van der Waals surface area (Å²) in [6.45, 7) is 2.83. The molecule has 1 aliphatic rings. The van der Waals surface area contributed by atoms with Crippen molar-refractivity contribution in [2.75, 3.05) is 13.2 Å². The minimum absolute atomic E-state index is 0.130. The van der Waals surface area contributed by atoms with Crippen LogP contribution >= 0.6 is 11.3 Å². The molecule has 0 radical (unpaired) electrons. The topological polar surface area (TPSA) is 78.9 Å². The summed E-state index contributed by atoms with van der Waals surface area (Å²) in [5, 5.41) is 3.70. The molecule has 1 aromatic carbocycles. The van der Waals surface area contributed by atoms with E-state index in [1.165, 1.54) is 11.3 Å². The molecule has 4 rings (SSSR count). The van der Waals surface area contributed by atoms with Gasteiger partial charge in [-0.05, 0) is 6.92 Å². The Hall–Kier alpha value is -2.61. The molecule has 1 amide bonds.